The molecule has 6 aromatic heterocycles. The summed E-state index contributed by atoms with van der Waals surface area (Å²) in [4.78, 5) is 82.9. The molecule has 12 nitrogen and oxygen atoms in total. The van der Waals surface area contributed by atoms with Crippen LogP contribution in [0.15, 0.2) is 158 Å². The van der Waals surface area contributed by atoms with E-state index in [4.69, 9.17) is 9.97 Å². The molecule has 0 atom stereocenters. The second-order valence-electron chi connectivity index (χ2n) is 13.6. The molecule has 0 aliphatic heterocycles. The lowest BCUT2D eigenvalue weighted by Crippen LogP contribution is -2.30. The molecule has 8 aromatic rings. The van der Waals surface area contributed by atoms with Gasteiger partial charge in [-0.1, -0.05) is 48.5 Å². The number of pyridine rings is 6. The van der Waals surface area contributed by atoms with Crippen LogP contribution in [0.3, 0.4) is 0 Å². The topological polar surface area (TPSA) is 170 Å². The maximum Gasteiger partial charge on any atom is 0.263 e. The van der Waals surface area contributed by atoms with Crippen molar-refractivity contribution in [2.75, 3.05) is 0 Å². The molecule has 0 bridgehead atoms. The first-order valence-corrected chi connectivity index (χ1v) is 19.1. The second-order valence-corrected chi connectivity index (χ2v) is 13.6. The van der Waals surface area contributed by atoms with Gasteiger partial charge in [-0.2, -0.15) is 0 Å². The molecule has 62 heavy (non-hydrogen) atoms. The Morgan fingerprint density at radius 2 is 0.758 bits per heavy atom. The summed E-state index contributed by atoms with van der Waals surface area (Å²) in [7, 11) is 0. The number of nitrogens with zero attached hydrogens (tertiary/aromatic N) is 6. The highest BCUT2D eigenvalue weighted by atomic mass is 16.2. The molecule has 9 rings (SSSR count). The van der Waals surface area contributed by atoms with Gasteiger partial charge in [-0.3, -0.25) is 49.7 Å². The van der Waals surface area contributed by atoms with E-state index >= 15 is 0 Å². The molecule has 1 aliphatic rings. The van der Waals surface area contributed by atoms with Crippen LogP contribution in [0.25, 0.3) is 45.6 Å². The number of aromatic nitrogens is 6. The zero-order valence-corrected chi connectivity index (χ0v) is 32.3. The van der Waals surface area contributed by atoms with Gasteiger partial charge in [0.2, 0.25) is 0 Å². The van der Waals surface area contributed by atoms with Gasteiger partial charge in [0.1, 0.15) is 0 Å². The maximum atomic E-state index is 14.4. The minimum Gasteiger partial charge on any atom is -0.289 e. The summed E-state index contributed by atoms with van der Waals surface area (Å²) in [5.41, 5.74) is 5.33. The second kappa shape index (κ2) is 16.9. The van der Waals surface area contributed by atoms with Crippen molar-refractivity contribution >= 4 is 23.4 Å². The van der Waals surface area contributed by atoms with Crippen molar-refractivity contribution in [1.82, 2.24) is 40.5 Å². The lowest BCUT2D eigenvalue weighted by Gasteiger charge is -2.21. The summed E-state index contributed by atoms with van der Waals surface area (Å²) in [6, 6.07) is 43.1. The Bertz CT molecular complexity index is 2880. The Balaban J connectivity index is 0.989. The molecule has 2 amide bonds. The molecule has 2 N–H and O–H groups in total. The summed E-state index contributed by atoms with van der Waals surface area (Å²) in [5.74, 6) is 3.28. The van der Waals surface area contributed by atoms with E-state index in [1.807, 2.05) is 48.5 Å². The number of rotatable bonds is 6. The molecule has 0 saturated heterocycles. The fraction of sp³-hybridized carbons (Fsp3) is 0. The zero-order chi connectivity index (χ0) is 42.4. The Morgan fingerprint density at radius 3 is 1.08 bits per heavy atom. The predicted molar refractivity (Wildman–Crippen MR) is 230 cm³/mol. The fourth-order valence-electron chi connectivity index (χ4n) is 6.86. The minimum absolute atomic E-state index is 0.0275. The molecule has 2 aromatic carbocycles. The van der Waals surface area contributed by atoms with E-state index in [0.717, 1.165) is 0 Å². The number of amides is 2. The number of benzene rings is 2. The van der Waals surface area contributed by atoms with Gasteiger partial charge in [-0.15, -0.1) is 0 Å². The van der Waals surface area contributed by atoms with Crippen molar-refractivity contribution < 1.29 is 19.2 Å². The number of ketones is 2. The first-order valence-electron chi connectivity index (χ1n) is 19.1. The SMILES string of the molecule is O=C(NC#Cc1cc(-c2ccccn2)nc(-c2ccccn2)c1)c1cccc2c1C(=O)c1c(C(=O)NC#Cc3cc(-c4ccccn4)nc(-c4ccccn4)c3)cccc1C2=O. The molecule has 0 spiro atoms. The summed E-state index contributed by atoms with van der Waals surface area (Å²) >= 11 is 0. The quantitative estimate of drug-likeness (QED) is 0.132. The van der Waals surface area contributed by atoms with E-state index in [0.29, 0.717) is 56.7 Å². The van der Waals surface area contributed by atoms with Gasteiger partial charge in [0.15, 0.2) is 11.6 Å². The Labute approximate surface area is 354 Å². The van der Waals surface area contributed by atoms with Crippen LogP contribution in [0.2, 0.25) is 0 Å². The van der Waals surface area contributed by atoms with Crippen LogP contribution in [-0.4, -0.2) is 53.3 Å². The molecular formula is C50H28N8O4. The summed E-state index contributed by atoms with van der Waals surface area (Å²) in [6.07, 6.45) is 6.64. The first kappa shape index (κ1) is 38.3. The van der Waals surface area contributed by atoms with Gasteiger partial charge in [-0.25, -0.2) is 9.97 Å². The van der Waals surface area contributed by atoms with E-state index in [9.17, 15) is 19.2 Å². The van der Waals surface area contributed by atoms with Crippen molar-refractivity contribution in [3.05, 3.63) is 203 Å². The molecule has 12 heteroatoms. The summed E-state index contributed by atoms with van der Waals surface area (Å²) < 4.78 is 0. The number of carbonyl (C=O) groups is 4. The monoisotopic (exact) mass is 804 g/mol. The van der Waals surface area contributed by atoms with E-state index < -0.39 is 23.4 Å². The van der Waals surface area contributed by atoms with Crippen molar-refractivity contribution in [2.45, 2.75) is 0 Å². The normalized spacial score (nSPS) is 11.2. The summed E-state index contributed by atoms with van der Waals surface area (Å²) in [5, 5.41) is 5.12. The van der Waals surface area contributed by atoms with Gasteiger partial charge in [-0.05, 0) is 96.8 Å². The van der Waals surface area contributed by atoms with E-state index in [-0.39, 0.29) is 33.4 Å². The highest BCUT2D eigenvalue weighted by molar-refractivity contribution is 6.33. The van der Waals surface area contributed by atoms with Gasteiger partial charge in [0.05, 0.1) is 56.7 Å². The average molecular weight is 805 g/mol. The fourth-order valence-corrected chi connectivity index (χ4v) is 6.86. The van der Waals surface area contributed by atoms with Crippen LogP contribution >= 0.6 is 0 Å². The van der Waals surface area contributed by atoms with Gasteiger partial charge in [0.25, 0.3) is 11.8 Å². The molecule has 1 aliphatic carbocycles. The molecule has 292 valence electrons. The molecule has 0 radical (unpaired) electrons. The Kier molecular flexibility index (Phi) is 10.4. The molecule has 6 heterocycles. The lowest BCUT2D eigenvalue weighted by atomic mass is 9.79. The van der Waals surface area contributed by atoms with Crippen LogP contribution in [-0.2, 0) is 0 Å². The van der Waals surface area contributed by atoms with Crippen LogP contribution in [0.5, 0.6) is 0 Å². The molecular weight excluding hydrogens is 777 g/mol. The van der Waals surface area contributed by atoms with Gasteiger partial charge >= 0.3 is 0 Å². The smallest absolute Gasteiger partial charge is 0.263 e. The maximum absolute atomic E-state index is 14.4. The molecule has 0 saturated carbocycles. The van der Waals surface area contributed by atoms with Gasteiger partial charge in [0, 0.05) is 70.3 Å². The van der Waals surface area contributed by atoms with Gasteiger partial charge < -0.3 is 0 Å². The third-order valence-electron chi connectivity index (χ3n) is 9.69. The third kappa shape index (κ3) is 7.82. The largest absolute Gasteiger partial charge is 0.289 e. The highest BCUT2D eigenvalue weighted by Gasteiger charge is 2.36. The third-order valence-corrected chi connectivity index (χ3v) is 9.69. The Morgan fingerprint density at radius 1 is 0.403 bits per heavy atom. The van der Waals surface area contributed by atoms with Crippen molar-refractivity contribution in [1.29, 1.82) is 0 Å². The van der Waals surface area contributed by atoms with E-state index in [1.54, 1.807) is 73.3 Å². The standard InChI is InChI=1S/C50H28N8O4/c59-47-33-11-9-13-35(49(61)55-25-19-31-27-41(37-15-1-5-21-51-37)57-42(28-31)38-16-2-6-22-52-38)45(33)48(60)46-34(47)12-10-14-36(46)50(62)56-26-20-32-29-43(39-17-3-7-23-53-39)58-44(30-32)40-18-4-8-24-54-40/h1-18,21-24,27-30H,(H,55,61)(H,56,62). The van der Waals surface area contributed by atoms with Crippen LogP contribution < -0.4 is 10.6 Å². The zero-order valence-electron chi connectivity index (χ0n) is 32.3. The lowest BCUT2D eigenvalue weighted by molar-refractivity contribution is 0.0944. The van der Waals surface area contributed by atoms with E-state index in [2.05, 4.69) is 54.5 Å². The van der Waals surface area contributed by atoms with Crippen molar-refractivity contribution in [2.24, 2.45) is 0 Å². The molecule has 0 unspecified atom stereocenters. The van der Waals surface area contributed by atoms with Crippen LogP contribution in [0.1, 0.15) is 63.7 Å². The van der Waals surface area contributed by atoms with Crippen LogP contribution in [0.4, 0.5) is 0 Å². The Hall–Kier alpha value is -9.26. The predicted octanol–water partition coefficient (Wildman–Crippen LogP) is 6.98. The number of carbonyl (C=O) groups excluding carboxylic acids is 4. The van der Waals surface area contributed by atoms with E-state index in [1.165, 1.54) is 36.4 Å². The number of fused-ring (bicyclic) bond motifs is 2. The minimum atomic E-state index is -0.719. The highest BCUT2D eigenvalue weighted by Crippen LogP contribution is 2.32. The number of hydrogen-bond acceptors (Lipinski definition) is 10. The summed E-state index contributed by atoms with van der Waals surface area (Å²) in [6.45, 7) is 0. The number of nitrogens with one attached hydrogen (secondary N) is 2. The first-order chi connectivity index (χ1) is 30.4. The average Bonchev–Trinajstić information content (AvgIpc) is 3.33. The molecule has 0 fully saturated rings. The number of hydrogen-bond donors (Lipinski definition) is 2. The van der Waals surface area contributed by atoms with Crippen LogP contribution in [0, 0.1) is 23.9 Å². The van der Waals surface area contributed by atoms with Crippen molar-refractivity contribution in [3.8, 4) is 69.5 Å². The van der Waals surface area contributed by atoms with Crippen molar-refractivity contribution in [3.63, 3.8) is 0 Å².